The maximum absolute atomic E-state index is 12.5. The molecule has 0 radical (unpaired) electrons. The molecule has 9 nitrogen and oxygen atoms in total. The van der Waals surface area contributed by atoms with Crippen LogP contribution in [-0.4, -0.2) is 44.4 Å². The number of nitrogens with one attached hydrogen (secondary N) is 1. The van der Waals surface area contributed by atoms with Crippen molar-refractivity contribution in [2.45, 2.75) is 42.6 Å². The normalized spacial score (nSPS) is 14.7. The molecule has 0 saturated heterocycles. The van der Waals surface area contributed by atoms with Gasteiger partial charge in [0.05, 0.1) is 36.9 Å². The summed E-state index contributed by atoms with van der Waals surface area (Å²) in [5.41, 5.74) is 0.342. The van der Waals surface area contributed by atoms with Gasteiger partial charge in [-0.2, -0.15) is 0 Å². The standard InChI is InChI=1S/C17H20N6O3S/c1-25-13-7-11-12(8-14(13)26-2)18-15(19-16(11)24)9-27-17-20-21-22-23(17)10-5-3-4-6-10/h7-8,10H,3-6,9H2,1-2H3,(H,18,19,24). The fraction of sp³-hybridized carbons (Fsp3) is 0.471. The summed E-state index contributed by atoms with van der Waals surface area (Å²) < 4.78 is 12.5. The lowest BCUT2D eigenvalue weighted by atomic mass is 10.2. The van der Waals surface area contributed by atoms with E-state index in [0.29, 0.717) is 40.0 Å². The fourth-order valence-corrected chi connectivity index (χ4v) is 4.19. The van der Waals surface area contributed by atoms with E-state index in [0.717, 1.165) is 18.0 Å². The summed E-state index contributed by atoms with van der Waals surface area (Å²) >= 11 is 1.47. The van der Waals surface area contributed by atoms with Crippen LogP contribution in [0.4, 0.5) is 0 Å². The maximum atomic E-state index is 12.5. The molecule has 1 aromatic carbocycles. The van der Waals surface area contributed by atoms with Crippen LogP contribution in [0.2, 0.25) is 0 Å². The summed E-state index contributed by atoms with van der Waals surface area (Å²) in [6, 6.07) is 3.71. The van der Waals surface area contributed by atoms with Gasteiger partial charge in [-0.3, -0.25) is 4.79 Å². The van der Waals surface area contributed by atoms with Crippen LogP contribution in [-0.2, 0) is 5.75 Å². The molecule has 0 unspecified atom stereocenters. The number of methoxy groups -OCH3 is 2. The van der Waals surface area contributed by atoms with Gasteiger partial charge < -0.3 is 14.5 Å². The monoisotopic (exact) mass is 388 g/mol. The van der Waals surface area contributed by atoms with E-state index in [4.69, 9.17) is 9.47 Å². The molecule has 142 valence electrons. The molecule has 0 spiro atoms. The molecule has 1 N–H and O–H groups in total. The Morgan fingerprint density at radius 3 is 2.70 bits per heavy atom. The van der Waals surface area contributed by atoms with Crippen LogP contribution in [0.25, 0.3) is 10.9 Å². The Morgan fingerprint density at radius 1 is 1.22 bits per heavy atom. The number of benzene rings is 1. The van der Waals surface area contributed by atoms with Gasteiger partial charge in [0, 0.05) is 6.07 Å². The molecule has 3 aromatic rings. The highest BCUT2D eigenvalue weighted by Crippen LogP contribution is 2.32. The van der Waals surface area contributed by atoms with E-state index in [-0.39, 0.29) is 5.56 Å². The minimum absolute atomic E-state index is 0.216. The van der Waals surface area contributed by atoms with Crippen molar-refractivity contribution >= 4 is 22.7 Å². The van der Waals surface area contributed by atoms with Gasteiger partial charge in [-0.1, -0.05) is 24.6 Å². The quantitative estimate of drug-likeness (QED) is 0.641. The second kappa shape index (κ2) is 7.55. The second-order valence-electron chi connectivity index (χ2n) is 6.37. The second-order valence-corrected chi connectivity index (χ2v) is 7.31. The van der Waals surface area contributed by atoms with Gasteiger partial charge in [-0.25, -0.2) is 9.67 Å². The molecule has 10 heteroatoms. The zero-order valence-electron chi connectivity index (χ0n) is 15.1. The zero-order valence-corrected chi connectivity index (χ0v) is 16.0. The average Bonchev–Trinajstić information content (AvgIpc) is 3.36. The van der Waals surface area contributed by atoms with Gasteiger partial charge in [0.1, 0.15) is 5.82 Å². The van der Waals surface area contributed by atoms with Crippen LogP contribution in [0.5, 0.6) is 11.5 Å². The van der Waals surface area contributed by atoms with Crippen molar-refractivity contribution in [3.05, 3.63) is 28.3 Å². The number of H-pyrrole nitrogens is 1. The van der Waals surface area contributed by atoms with Crippen LogP contribution in [0, 0.1) is 0 Å². The van der Waals surface area contributed by atoms with Crippen molar-refractivity contribution in [1.29, 1.82) is 0 Å². The van der Waals surface area contributed by atoms with E-state index >= 15 is 0 Å². The van der Waals surface area contributed by atoms with Gasteiger partial charge >= 0.3 is 0 Å². The number of fused-ring (bicyclic) bond motifs is 1. The summed E-state index contributed by atoms with van der Waals surface area (Å²) in [7, 11) is 3.08. The molecule has 0 bridgehead atoms. The topological polar surface area (TPSA) is 108 Å². The largest absolute Gasteiger partial charge is 0.493 e. The van der Waals surface area contributed by atoms with E-state index in [1.54, 1.807) is 19.2 Å². The smallest absolute Gasteiger partial charge is 0.258 e. The highest BCUT2D eigenvalue weighted by Gasteiger charge is 2.22. The molecule has 27 heavy (non-hydrogen) atoms. The Bertz CT molecular complexity index is 1010. The minimum Gasteiger partial charge on any atom is -0.493 e. The molecular weight excluding hydrogens is 368 g/mol. The lowest BCUT2D eigenvalue weighted by Gasteiger charge is -2.11. The third-order valence-electron chi connectivity index (χ3n) is 4.73. The van der Waals surface area contributed by atoms with Crippen LogP contribution < -0.4 is 15.0 Å². The number of hydrogen-bond donors (Lipinski definition) is 1. The SMILES string of the molecule is COc1cc2nc(CSc3nnnn3C3CCCC3)[nH]c(=O)c2cc1OC. The molecule has 0 atom stereocenters. The number of aromatic amines is 1. The molecule has 1 aliphatic carbocycles. The molecule has 4 rings (SSSR count). The fourth-order valence-electron chi connectivity index (χ4n) is 3.37. The van der Waals surface area contributed by atoms with Crippen LogP contribution in [0.3, 0.4) is 0 Å². The molecule has 1 saturated carbocycles. The number of ether oxygens (including phenoxy) is 2. The third-order valence-corrected chi connectivity index (χ3v) is 5.68. The minimum atomic E-state index is -0.216. The van der Waals surface area contributed by atoms with Gasteiger partial charge in [0.2, 0.25) is 5.16 Å². The van der Waals surface area contributed by atoms with Crippen LogP contribution >= 0.6 is 11.8 Å². The lowest BCUT2D eigenvalue weighted by molar-refractivity contribution is 0.355. The van der Waals surface area contributed by atoms with E-state index in [1.807, 2.05) is 4.68 Å². The Hall–Kier alpha value is -2.62. The van der Waals surface area contributed by atoms with Gasteiger partial charge in [-0.15, -0.1) is 5.10 Å². The van der Waals surface area contributed by atoms with Crippen LogP contribution in [0.1, 0.15) is 37.5 Å². The van der Waals surface area contributed by atoms with E-state index < -0.39 is 0 Å². The van der Waals surface area contributed by atoms with Crippen molar-refractivity contribution in [2.75, 3.05) is 14.2 Å². The first-order valence-electron chi connectivity index (χ1n) is 8.75. The lowest BCUT2D eigenvalue weighted by Crippen LogP contribution is -2.12. The molecule has 0 amide bonds. The Kier molecular flexibility index (Phi) is 4.97. The predicted molar refractivity (Wildman–Crippen MR) is 100 cm³/mol. The number of rotatable bonds is 6. The molecule has 1 aliphatic rings. The van der Waals surface area contributed by atoms with Crippen molar-refractivity contribution in [3.63, 3.8) is 0 Å². The highest BCUT2D eigenvalue weighted by atomic mass is 32.2. The highest BCUT2D eigenvalue weighted by molar-refractivity contribution is 7.98. The van der Waals surface area contributed by atoms with Gasteiger partial charge in [0.15, 0.2) is 11.5 Å². The van der Waals surface area contributed by atoms with Crippen molar-refractivity contribution in [3.8, 4) is 11.5 Å². The van der Waals surface area contributed by atoms with Gasteiger partial charge in [0.25, 0.3) is 5.56 Å². The first-order valence-corrected chi connectivity index (χ1v) is 9.73. The zero-order chi connectivity index (χ0) is 18.8. The molecular formula is C17H20N6O3S. The van der Waals surface area contributed by atoms with E-state index in [9.17, 15) is 4.79 Å². The van der Waals surface area contributed by atoms with Crippen molar-refractivity contribution < 1.29 is 9.47 Å². The van der Waals surface area contributed by atoms with Crippen molar-refractivity contribution in [2.24, 2.45) is 0 Å². The molecule has 0 aliphatic heterocycles. The van der Waals surface area contributed by atoms with E-state index in [1.165, 1.54) is 31.7 Å². The average molecular weight is 388 g/mol. The Balaban J connectivity index is 1.59. The summed E-state index contributed by atoms with van der Waals surface area (Å²) in [6.07, 6.45) is 4.62. The number of nitrogens with zero attached hydrogens (tertiary/aromatic N) is 5. The summed E-state index contributed by atoms with van der Waals surface area (Å²) in [6.45, 7) is 0. The van der Waals surface area contributed by atoms with Crippen LogP contribution in [0.15, 0.2) is 22.1 Å². The molecule has 2 heterocycles. The summed E-state index contributed by atoms with van der Waals surface area (Å²) in [5, 5.41) is 13.3. The first-order chi connectivity index (χ1) is 13.2. The number of tetrazole rings is 1. The molecule has 1 fully saturated rings. The number of hydrogen-bond acceptors (Lipinski definition) is 8. The third kappa shape index (κ3) is 3.48. The Labute approximate surface area is 159 Å². The molecule has 2 aromatic heterocycles. The number of aromatic nitrogens is 6. The Morgan fingerprint density at radius 2 is 1.96 bits per heavy atom. The van der Waals surface area contributed by atoms with Crippen molar-refractivity contribution in [1.82, 2.24) is 30.2 Å². The first kappa shape index (κ1) is 17.8. The number of thioether (sulfide) groups is 1. The summed E-state index contributed by atoms with van der Waals surface area (Å²) in [5.74, 6) is 2.06. The predicted octanol–water partition coefficient (Wildman–Crippen LogP) is 2.33. The van der Waals surface area contributed by atoms with E-state index in [2.05, 4.69) is 25.5 Å². The summed E-state index contributed by atoms with van der Waals surface area (Å²) in [4.78, 5) is 19.8. The maximum Gasteiger partial charge on any atom is 0.258 e. The van der Waals surface area contributed by atoms with Gasteiger partial charge in [-0.05, 0) is 29.3 Å².